The first kappa shape index (κ1) is 13.2. The topological polar surface area (TPSA) is 128 Å². The fraction of sp³-hybridized carbons (Fsp3) is 0.100. The highest BCUT2D eigenvalue weighted by atomic mass is 32.1. The van der Waals surface area contributed by atoms with E-state index in [0.29, 0.717) is 16.3 Å². The van der Waals surface area contributed by atoms with Gasteiger partial charge in [-0.1, -0.05) is 11.3 Å². The van der Waals surface area contributed by atoms with Crippen molar-refractivity contribution in [3.05, 3.63) is 18.2 Å². The number of fused-ring (bicyclic) bond motifs is 1. The Morgan fingerprint density at radius 3 is 2.89 bits per heavy atom. The summed E-state index contributed by atoms with van der Waals surface area (Å²) in [4.78, 5) is 25.8. The van der Waals surface area contributed by atoms with Crippen molar-refractivity contribution in [3.63, 3.8) is 0 Å². The number of nitrogens with one attached hydrogen (secondary N) is 2. The molecule has 100 valence electrons. The highest BCUT2D eigenvalue weighted by molar-refractivity contribution is 7.22. The second kappa shape index (κ2) is 5.61. The standard InChI is InChI=1S/C10H10N4O4S/c15-8(4-11-10(16)17)13-9-12-6-2-1-5(14-18)3-7(6)19-9/h1-3,11,14,18H,4H2,(H,16,17)(H,12,13,15)/p+1. The van der Waals surface area contributed by atoms with Gasteiger partial charge in [0.2, 0.25) is 5.91 Å². The van der Waals surface area contributed by atoms with E-state index in [9.17, 15) is 9.59 Å². The summed E-state index contributed by atoms with van der Waals surface area (Å²) in [6.45, 7) is -0.332. The predicted octanol–water partition coefficient (Wildman–Crippen LogP) is 0.0865. The van der Waals surface area contributed by atoms with Crippen LogP contribution in [-0.2, 0) is 4.79 Å². The van der Waals surface area contributed by atoms with E-state index in [1.165, 1.54) is 11.3 Å². The van der Waals surface area contributed by atoms with Crippen molar-refractivity contribution in [1.29, 1.82) is 0 Å². The smallest absolute Gasteiger partial charge is 0.405 e. The SMILES string of the molecule is O=C(O)NCC(=O)Nc1nc2ccc([NH2+]O)cc2s1. The van der Waals surface area contributed by atoms with Gasteiger partial charge in [-0.15, -0.1) is 0 Å². The van der Waals surface area contributed by atoms with Crippen LogP contribution in [0.15, 0.2) is 18.2 Å². The quantitative estimate of drug-likeness (QED) is 0.401. The molecule has 19 heavy (non-hydrogen) atoms. The molecule has 1 aromatic carbocycles. The van der Waals surface area contributed by atoms with Gasteiger partial charge in [0, 0.05) is 12.1 Å². The molecule has 1 heterocycles. The molecule has 2 aromatic rings. The number of nitrogens with two attached hydrogens (primary N) is 1. The van der Waals surface area contributed by atoms with Crippen LogP contribution >= 0.6 is 11.3 Å². The number of anilines is 1. The number of thiazole rings is 1. The number of carbonyl (C=O) groups is 2. The van der Waals surface area contributed by atoms with Crippen LogP contribution in [0.5, 0.6) is 0 Å². The largest absolute Gasteiger partial charge is 0.465 e. The van der Waals surface area contributed by atoms with E-state index in [-0.39, 0.29) is 6.54 Å². The van der Waals surface area contributed by atoms with E-state index in [4.69, 9.17) is 10.3 Å². The number of amides is 2. The number of carbonyl (C=O) groups excluding carboxylic acids is 1. The summed E-state index contributed by atoms with van der Waals surface area (Å²) in [6.07, 6.45) is -1.26. The Bertz CT molecular complexity index is 627. The summed E-state index contributed by atoms with van der Waals surface area (Å²) in [5.41, 5.74) is 2.31. The average molecular weight is 283 g/mol. The molecule has 0 bridgehead atoms. The monoisotopic (exact) mass is 283 g/mol. The van der Waals surface area contributed by atoms with Gasteiger partial charge in [-0.2, -0.15) is 5.48 Å². The first-order chi connectivity index (χ1) is 9.08. The summed E-state index contributed by atoms with van der Waals surface area (Å²) in [7, 11) is 0. The third-order valence-electron chi connectivity index (χ3n) is 2.21. The van der Waals surface area contributed by atoms with Gasteiger partial charge in [0.15, 0.2) is 10.8 Å². The van der Waals surface area contributed by atoms with E-state index in [0.717, 1.165) is 10.2 Å². The lowest BCUT2D eigenvalue weighted by atomic mass is 10.3. The normalized spacial score (nSPS) is 10.4. The Balaban J connectivity index is 2.08. The van der Waals surface area contributed by atoms with Crippen molar-refractivity contribution < 1.29 is 25.4 Å². The molecular weight excluding hydrogens is 272 g/mol. The summed E-state index contributed by atoms with van der Waals surface area (Å²) in [5, 5.41) is 22.1. The number of benzene rings is 1. The van der Waals surface area contributed by atoms with E-state index >= 15 is 0 Å². The molecule has 9 heteroatoms. The number of carboxylic acid groups (broad SMARTS) is 1. The minimum absolute atomic E-state index is 0.332. The predicted molar refractivity (Wildman–Crippen MR) is 67.6 cm³/mol. The number of aromatic nitrogens is 1. The minimum atomic E-state index is -1.26. The molecule has 0 aliphatic rings. The zero-order chi connectivity index (χ0) is 13.8. The van der Waals surface area contributed by atoms with Crippen molar-refractivity contribution in [2.24, 2.45) is 0 Å². The summed E-state index contributed by atoms with van der Waals surface area (Å²) < 4.78 is 0.810. The maximum absolute atomic E-state index is 11.4. The van der Waals surface area contributed by atoms with Gasteiger partial charge in [0.25, 0.3) is 0 Å². The molecule has 0 spiro atoms. The number of rotatable bonds is 4. The molecule has 0 atom stereocenters. The number of hydrogen-bond donors (Lipinski definition) is 5. The Morgan fingerprint density at radius 2 is 2.21 bits per heavy atom. The van der Waals surface area contributed by atoms with Crippen molar-refractivity contribution in [2.75, 3.05) is 11.9 Å². The fourth-order valence-electron chi connectivity index (χ4n) is 1.39. The summed E-state index contributed by atoms with van der Waals surface area (Å²) in [6, 6.07) is 5.15. The van der Waals surface area contributed by atoms with Gasteiger partial charge in [-0.05, 0) is 6.07 Å². The van der Waals surface area contributed by atoms with Crippen LogP contribution in [0.2, 0.25) is 0 Å². The molecule has 2 rings (SSSR count). The van der Waals surface area contributed by atoms with Gasteiger partial charge < -0.3 is 15.7 Å². The molecule has 0 saturated carbocycles. The highest BCUT2D eigenvalue weighted by Crippen LogP contribution is 2.26. The van der Waals surface area contributed by atoms with Crippen LogP contribution in [0, 0.1) is 0 Å². The van der Waals surface area contributed by atoms with E-state index in [2.05, 4.69) is 10.3 Å². The first-order valence-electron chi connectivity index (χ1n) is 5.23. The van der Waals surface area contributed by atoms with Crippen molar-refractivity contribution >= 4 is 44.4 Å². The molecule has 0 fully saturated rings. The molecule has 0 radical (unpaired) electrons. The van der Waals surface area contributed by atoms with Crippen LogP contribution in [0.1, 0.15) is 0 Å². The van der Waals surface area contributed by atoms with Crippen LogP contribution in [0.4, 0.5) is 15.6 Å². The van der Waals surface area contributed by atoms with Gasteiger partial charge >= 0.3 is 6.09 Å². The molecule has 0 aliphatic heterocycles. The third kappa shape index (κ3) is 3.37. The Morgan fingerprint density at radius 1 is 1.42 bits per heavy atom. The van der Waals surface area contributed by atoms with E-state index in [1.54, 1.807) is 18.2 Å². The number of nitrogens with zero attached hydrogens (tertiary/aromatic N) is 1. The highest BCUT2D eigenvalue weighted by Gasteiger charge is 2.09. The molecule has 0 saturated heterocycles. The van der Waals surface area contributed by atoms with E-state index < -0.39 is 12.0 Å². The Labute approximate surface area is 111 Å². The van der Waals surface area contributed by atoms with Crippen molar-refractivity contribution in [2.45, 2.75) is 0 Å². The van der Waals surface area contributed by atoms with E-state index in [1.807, 2.05) is 5.32 Å². The molecule has 8 nitrogen and oxygen atoms in total. The van der Waals surface area contributed by atoms with Crippen LogP contribution in [0.3, 0.4) is 0 Å². The summed E-state index contributed by atoms with van der Waals surface area (Å²) in [5.74, 6) is -0.490. The molecular formula is C10H11N4O4S+. The molecule has 6 N–H and O–H groups in total. The van der Waals surface area contributed by atoms with Gasteiger partial charge in [0.05, 0.1) is 10.2 Å². The Hall–Kier alpha value is -2.23. The second-order valence-electron chi connectivity index (χ2n) is 3.58. The van der Waals surface area contributed by atoms with Crippen LogP contribution in [-0.4, -0.2) is 33.8 Å². The second-order valence-corrected chi connectivity index (χ2v) is 4.61. The number of quaternary nitrogens is 1. The molecule has 1 aromatic heterocycles. The van der Waals surface area contributed by atoms with Gasteiger partial charge in [-0.3, -0.25) is 4.79 Å². The molecule has 0 aliphatic carbocycles. The van der Waals surface area contributed by atoms with Gasteiger partial charge in [-0.25, -0.2) is 15.0 Å². The van der Waals surface area contributed by atoms with Crippen LogP contribution < -0.4 is 16.1 Å². The maximum Gasteiger partial charge on any atom is 0.405 e. The minimum Gasteiger partial charge on any atom is -0.465 e. The average Bonchev–Trinajstić information content (AvgIpc) is 2.77. The lowest BCUT2D eigenvalue weighted by Crippen LogP contribution is -2.73. The lowest BCUT2D eigenvalue weighted by Gasteiger charge is -2.00. The number of hydrogen-bond acceptors (Lipinski definition) is 5. The molecule has 2 amide bonds. The van der Waals surface area contributed by atoms with Gasteiger partial charge in [0.1, 0.15) is 6.54 Å². The zero-order valence-corrected chi connectivity index (χ0v) is 10.4. The summed E-state index contributed by atoms with van der Waals surface area (Å²) >= 11 is 1.24. The maximum atomic E-state index is 11.4. The fourth-order valence-corrected chi connectivity index (χ4v) is 2.32. The van der Waals surface area contributed by atoms with Crippen LogP contribution in [0.25, 0.3) is 10.2 Å². The van der Waals surface area contributed by atoms with Crippen molar-refractivity contribution in [3.8, 4) is 0 Å². The first-order valence-corrected chi connectivity index (χ1v) is 6.05. The van der Waals surface area contributed by atoms with Crippen molar-refractivity contribution in [1.82, 2.24) is 10.3 Å². The molecule has 0 unspecified atom stereocenters. The zero-order valence-electron chi connectivity index (χ0n) is 9.58. The lowest BCUT2D eigenvalue weighted by molar-refractivity contribution is -0.825. The Kier molecular flexibility index (Phi) is 3.90. The third-order valence-corrected chi connectivity index (χ3v) is 3.14.